The van der Waals surface area contributed by atoms with Gasteiger partial charge in [0.15, 0.2) is 5.82 Å². The van der Waals surface area contributed by atoms with Crippen molar-refractivity contribution in [2.45, 2.75) is 32.5 Å². The van der Waals surface area contributed by atoms with Crippen molar-refractivity contribution in [2.75, 3.05) is 11.4 Å². The Bertz CT molecular complexity index is 1090. The topological polar surface area (TPSA) is 126 Å². The summed E-state index contributed by atoms with van der Waals surface area (Å²) in [5.41, 5.74) is 1.78. The normalized spacial score (nSPS) is 20.3. The van der Waals surface area contributed by atoms with Crippen molar-refractivity contribution >= 4 is 35.3 Å². The Morgan fingerprint density at radius 2 is 1.91 bits per heavy atom. The molecule has 2 fully saturated rings. The van der Waals surface area contributed by atoms with E-state index < -0.39 is 18.1 Å². The highest BCUT2D eigenvalue weighted by atomic mass is 35.5. The summed E-state index contributed by atoms with van der Waals surface area (Å²) in [7, 11) is 0. The number of hydrogen-bond donors (Lipinski definition) is 2. The average molecular weight is 475 g/mol. The van der Waals surface area contributed by atoms with Crippen molar-refractivity contribution < 1.29 is 37.8 Å². The van der Waals surface area contributed by atoms with Crippen LogP contribution in [-0.2, 0) is 9.59 Å². The van der Waals surface area contributed by atoms with Crippen LogP contribution in [0.25, 0.3) is 0 Å². The number of fused-ring (bicyclic) bond motifs is 1. The summed E-state index contributed by atoms with van der Waals surface area (Å²) in [4.78, 5) is 38.3. The summed E-state index contributed by atoms with van der Waals surface area (Å²) in [6, 6.07) is -0.227. The van der Waals surface area contributed by atoms with E-state index in [-0.39, 0.29) is 23.4 Å². The number of carbonyl (C=O) groups excluding carboxylic acids is 1. The number of carbonyl (C=O) groups is 3. The minimum absolute atomic E-state index is 0.109. The number of hydrogen-bond acceptors (Lipinski definition) is 5. The first-order chi connectivity index (χ1) is 14.8. The van der Waals surface area contributed by atoms with Gasteiger partial charge >= 0.3 is 18.1 Å². The molecule has 13 heteroatoms. The Morgan fingerprint density at radius 1 is 1.28 bits per heavy atom. The number of aliphatic carboxylic acids is 1. The molecule has 3 heterocycles. The van der Waals surface area contributed by atoms with Crippen LogP contribution in [0.3, 0.4) is 0 Å². The maximum Gasteiger partial charge on any atom is 0.490 e. The number of aromatic nitrogens is 3. The van der Waals surface area contributed by atoms with Gasteiger partial charge in [-0.05, 0) is 37.3 Å². The number of amides is 1. The Hall–Kier alpha value is -3.15. The van der Waals surface area contributed by atoms with Gasteiger partial charge in [-0.15, -0.1) is 0 Å². The minimum Gasteiger partial charge on any atom is -0.478 e. The summed E-state index contributed by atoms with van der Waals surface area (Å²) >= 11 is 6.51. The van der Waals surface area contributed by atoms with Crippen LogP contribution in [0.5, 0.6) is 0 Å². The van der Waals surface area contributed by atoms with Gasteiger partial charge < -0.3 is 10.2 Å². The molecular weight excluding hydrogens is 457 g/mol. The number of nitrogens with zero attached hydrogens (tertiary/aromatic N) is 4. The van der Waals surface area contributed by atoms with E-state index in [2.05, 4.69) is 10.1 Å². The Labute approximate surface area is 184 Å². The smallest absolute Gasteiger partial charge is 0.478 e. The zero-order chi connectivity index (χ0) is 24.0. The van der Waals surface area contributed by atoms with E-state index >= 15 is 0 Å². The number of alkyl halides is 3. The number of aromatic carboxylic acids is 1. The van der Waals surface area contributed by atoms with Crippen LogP contribution in [0.2, 0.25) is 5.02 Å². The van der Waals surface area contributed by atoms with Gasteiger partial charge in [0.2, 0.25) is 5.91 Å². The number of carboxylic acid groups (broad SMARTS) is 2. The highest BCUT2D eigenvalue weighted by molar-refractivity contribution is 6.34. The fourth-order valence-electron chi connectivity index (χ4n) is 3.46. The second-order valence-corrected chi connectivity index (χ2v) is 7.90. The number of rotatable bonds is 4. The fraction of sp³-hybridized carbons (Fsp3) is 0.421. The minimum atomic E-state index is -5.08. The zero-order valence-electron chi connectivity index (χ0n) is 16.8. The van der Waals surface area contributed by atoms with Crippen molar-refractivity contribution in [1.29, 1.82) is 0 Å². The molecule has 2 aromatic rings. The van der Waals surface area contributed by atoms with Gasteiger partial charge in [-0.1, -0.05) is 11.6 Å². The average Bonchev–Trinajstić information content (AvgIpc) is 3.16. The van der Waals surface area contributed by atoms with E-state index in [9.17, 15) is 22.8 Å². The molecule has 1 saturated carbocycles. The highest BCUT2D eigenvalue weighted by Crippen LogP contribution is 2.48. The largest absolute Gasteiger partial charge is 0.490 e. The van der Waals surface area contributed by atoms with E-state index in [0.29, 0.717) is 23.3 Å². The maximum atomic E-state index is 12.3. The Kier molecular flexibility index (Phi) is 6.18. The predicted octanol–water partition coefficient (Wildman–Crippen LogP) is 3.16. The molecule has 2 aromatic heterocycles. The van der Waals surface area contributed by atoms with Crippen LogP contribution in [0.4, 0.5) is 19.0 Å². The SMILES string of the molecule is Cc1c(C(C)n2cc(C(=O)O)cn2)cnc(N2C[C@H]3C[C@H]3C2=O)c1Cl.O=C(O)C(F)(F)F. The van der Waals surface area contributed by atoms with E-state index in [0.717, 1.165) is 17.5 Å². The van der Waals surface area contributed by atoms with E-state index in [1.54, 1.807) is 15.8 Å². The quantitative estimate of drug-likeness (QED) is 0.697. The first kappa shape index (κ1) is 23.5. The van der Waals surface area contributed by atoms with Crippen molar-refractivity contribution in [2.24, 2.45) is 11.8 Å². The van der Waals surface area contributed by atoms with E-state index in [1.165, 1.54) is 12.4 Å². The molecule has 0 bridgehead atoms. The van der Waals surface area contributed by atoms with Gasteiger partial charge in [0, 0.05) is 24.9 Å². The Balaban J connectivity index is 0.000000360. The fourth-order valence-corrected chi connectivity index (χ4v) is 3.72. The van der Waals surface area contributed by atoms with Crippen LogP contribution in [0, 0.1) is 18.8 Å². The van der Waals surface area contributed by atoms with Gasteiger partial charge in [0.05, 0.1) is 22.8 Å². The van der Waals surface area contributed by atoms with Crippen LogP contribution in [0.1, 0.15) is 40.9 Å². The highest BCUT2D eigenvalue weighted by Gasteiger charge is 2.53. The van der Waals surface area contributed by atoms with Gasteiger partial charge in [-0.25, -0.2) is 14.6 Å². The second-order valence-electron chi connectivity index (χ2n) is 7.52. The predicted molar refractivity (Wildman–Crippen MR) is 105 cm³/mol. The van der Waals surface area contributed by atoms with Crippen molar-refractivity contribution in [1.82, 2.24) is 14.8 Å². The molecule has 4 rings (SSSR count). The molecule has 1 aliphatic carbocycles. The summed E-state index contributed by atoms with van der Waals surface area (Å²) < 4.78 is 33.3. The third kappa shape index (κ3) is 4.54. The lowest BCUT2D eigenvalue weighted by molar-refractivity contribution is -0.192. The number of pyridine rings is 1. The van der Waals surface area contributed by atoms with Gasteiger partial charge in [-0.2, -0.15) is 18.3 Å². The molecule has 1 amide bonds. The molecule has 3 atom stereocenters. The Morgan fingerprint density at radius 3 is 2.38 bits per heavy atom. The molecule has 2 aliphatic rings. The van der Waals surface area contributed by atoms with Crippen molar-refractivity contribution in [3.05, 3.63) is 40.3 Å². The summed E-state index contributed by atoms with van der Waals surface area (Å²) in [6.07, 6.45) is 0.380. The molecule has 0 aromatic carbocycles. The standard InChI is InChI=1S/C17H17ClN4O3.C2HF3O2/c1-8-13(9(2)22-7-11(4-20-22)17(24)25)5-19-15(14(8)18)21-6-10-3-12(10)16(21)23;3-2(4,5)1(6)7/h4-5,7,9-10,12H,3,6H2,1-2H3,(H,24,25);(H,6,7)/t9?,10-,12-;/m1./s1. The van der Waals surface area contributed by atoms with E-state index in [1.807, 2.05) is 13.8 Å². The lowest BCUT2D eigenvalue weighted by atomic mass is 10.1. The number of halogens is 4. The van der Waals surface area contributed by atoms with Crippen molar-refractivity contribution in [3.63, 3.8) is 0 Å². The molecular formula is C19H18ClF3N4O5. The molecule has 32 heavy (non-hydrogen) atoms. The number of piperidine rings is 1. The molecule has 0 radical (unpaired) electrons. The third-order valence-electron chi connectivity index (χ3n) is 5.40. The number of anilines is 1. The van der Waals surface area contributed by atoms with Crippen LogP contribution in [-0.4, -0.2) is 55.5 Å². The van der Waals surface area contributed by atoms with Gasteiger partial charge in [0.1, 0.15) is 0 Å². The van der Waals surface area contributed by atoms with Gasteiger partial charge in [0.25, 0.3) is 0 Å². The first-order valence-corrected chi connectivity index (χ1v) is 9.74. The maximum absolute atomic E-state index is 12.3. The zero-order valence-corrected chi connectivity index (χ0v) is 17.6. The molecule has 1 saturated heterocycles. The second kappa shape index (κ2) is 8.41. The third-order valence-corrected chi connectivity index (χ3v) is 5.85. The molecule has 2 N–H and O–H groups in total. The number of carboxylic acids is 2. The monoisotopic (exact) mass is 474 g/mol. The van der Waals surface area contributed by atoms with Crippen LogP contribution >= 0.6 is 11.6 Å². The van der Waals surface area contributed by atoms with Crippen LogP contribution in [0.15, 0.2) is 18.6 Å². The summed E-state index contributed by atoms with van der Waals surface area (Å²) in [5.74, 6) is -2.56. The van der Waals surface area contributed by atoms with E-state index in [4.69, 9.17) is 26.6 Å². The van der Waals surface area contributed by atoms with Crippen molar-refractivity contribution in [3.8, 4) is 0 Å². The molecule has 172 valence electrons. The van der Waals surface area contributed by atoms with Crippen LogP contribution < -0.4 is 4.90 Å². The van der Waals surface area contributed by atoms with Gasteiger partial charge in [-0.3, -0.25) is 14.4 Å². The molecule has 1 aliphatic heterocycles. The summed E-state index contributed by atoms with van der Waals surface area (Å²) in [6.45, 7) is 4.46. The molecule has 0 spiro atoms. The summed E-state index contributed by atoms with van der Waals surface area (Å²) in [5, 5.41) is 20.7. The lowest BCUT2D eigenvalue weighted by Gasteiger charge is -2.22. The molecule has 9 nitrogen and oxygen atoms in total. The first-order valence-electron chi connectivity index (χ1n) is 9.36. The lowest BCUT2D eigenvalue weighted by Crippen LogP contribution is -2.29. The molecule has 1 unspecified atom stereocenters.